The molecule has 1 aromatic carbocycles. The second-order valence-electron chi connectivity index (χ2n) is 4.96. The van der Waals surface area contributed by atoms with Crippen molar-refractivity contribution >= 4 is 33.4 Å². The van der Waals surface area contributed by atoms with Gasteiger partial charge >= 0.3 is 5.97 Å². The van der Waals surface area contributed by atoms with Gasteiger partial charge in [-0.1, -0.05) is 31.3 Å². The van der Waals surface area contributed by atoms with Gasteiger partial charge < -0.3 is 14.0 Å². The number of carbonyl (C=O) groups excluding carboxylic acids is 2. The summed E-state index contributed by atoms with van der Waals surface area (Å²) in [5.74, 6) is -0.233. The van der Waals surface area contributed by atoms with Gasteiger partial charge in [0.1, 0.15) is 17.8 Å². The minimum absolute atomic E-state index is 0.0267. The van der Waals surface area contributed by atoms with Crippen LogP contribution in [0, 0.1) is 5.92 Å². The van der Waals surface area contributed by atoms with Crippen LogP contribution in [0.2, 0.25) is 0 Å². The standard InChI is InChI=1S/C15H18N2O4S/c1-9(2)14(19)16-15-17(8-12(18)21-4)13-10(20-3)6-5-7-11(13)22-15/h5-7,9H,8H2,1-4H3. The molecule has 0 N–H and O–H groups in total. The van der Waals surface area contributed by atoms with E-state index in [0.717, 1.165) is 10.2 Å². The summed E-state index contributed by atoms with van der Waals surface area (Å²) in [7, 11) is 2.88. The molecule has 0 aliphatic heterocycles. The highest BCUT2D eigenvalue weighted by atomic mass is 32.1. The van der Waals surface area contributed by atoms with Gasteiger partial charge in [0.15, 0.2) is 4.80 Å². The monoisotopic (exact) mass is 322 g/mol. The summed E-state index contributed by atoms with van der Waals surface area (Å²) in [4.78, 5) is 28.2. The zero-order valence-electron chi connectivity index (χ0n) is 13.0. The molecule has 118 valence electrons. The van der Waals surface area contributed by atoms with E-state index >= 15 is 0 Å². The highest BCUT2D eigenvalue weighted by Gasteiger charge is 2.15. The Kier molecular flexibility index (Phi) is 4.97. The smallest absolute Gasteiger partial charge is 0.325 e. The Morgan fingerprint density at radius 1 is 1.32 bits per heavy atom. The molecule has 22 heavy (non-hydrogen) atoms. The fraction of sp³-hybridized carbons (Fsp3) is 0.400. The van der Waals surface area contributed by atoms with Crippen molar-refractivity contribution in [3.8, 4) is 5.75 Å². The first-order valence-electron chi connectivity index (χ1n) is 6.79. The number of rotatable bonds is 4. The van der Waals surface area contributed by atoms with E-state index in [-0.39, 0.29) is 18.4 Å². The number of methoxy groups -OCH3 is 2. The van der Waals surface area contributed by atoms with Gasteiger partial charge in [-0.15, -0.1) is 0 Å². The van der Waals surface area contributed by atoms with Gasteiger partial charge in [-0.2, -0.15) is 4.99 Å². The second kappa shape index (κ2) is 6.74. The third-order valence-corrected chi connectivity index (χ3v) is 4.14. The van der Waals surface area contributed by atoms with Crippen molar-refractivity contribution < 1.29 is 19.1 Å². The summed E-state index contributed by atoms with van der Waals surface area (Å²) < 4.78 is 12.6. The number of aromatic nitrogens is 1. The van der Waals surface area contributed by atoms with E-state index in [1.807, 2.05) is 12.1 Å². The Morgan fingerprint density at radius 3 is 2.64 bits per heavy atom. The molecule has 0 aliphatic carbocycles. The number of para-hydroxylation sites is 1. The van der Waals surface area contributed by atoms with Gasteiger partial charge in [0.05, 0.1) is 18.9 Å². The first-order valence-corrected chi connectivity index (χ1v) is 7.61. The van der Waals surface area contributed by atoms with Crippen molar-refractivity contribution in [3.63, 3.8) is 0 Å². The molecule has 2 rings (SSSR count). The topological polar surface area (TPSA) is 69.9 Å². The van der Waals surface area contributed by atoms with Gasteiger partial charge in [0.2, 0.25) is 0 Å². The van der Waals surface area contributed by atoms with E-state index in [2.05, 4.69) is 4.99 Å². The Morgan fingerprint density at radius 2 is 2.05 bits per heavy atom. The Bertz CT molecular complexity index is 773. The molecule has 7 heteroatoms. The number of hydrogen-bond donors (Lipinski definition) is 0. The van der Waals surface area contributed by atoms with Crippen molar-refractivity contribution in [1.29, 1.82) is 0 Å². The SMILES string of the molecule is COC(=O)Cn1c(=NC(=O)C(C)C)sc2cccc(OC)c21. The lowest BCUT2D eigenvalue weighted by molar-refractivity contribution is -0.141. The minimum Gasteiger partial charge on any atom is -0.495 e. The van der Waals surface area contributed by atoms with E-state index in [9.17, 15) is 9.59 Å². The number of amides is 1. The zero-order chi connectivity index (χ0) is 16.3. The Labute approximate surface area is 132 Å². The van der Waals surface area contributed by atoms with E-state index in [4.69, 9.17) is 9.47 Å². The maximum atomic E-state index is 11.9. The molecule has 2 aromatic rings. The van der Waals surface area contributed by atoms with Crippen LogP contribution in [-0.4, -0.2) is 30.7 Å². The summed E-state index contributed by atoms with van der Waals surface area (Å²) in [6.45, 7) is 3.54. The Balaban J connectivity index is 2.72. The van der Waals surface area contributed by atoms with Gasteiger partial charge in [-0.25, -0.2) is 0 Å². The van der Waals surface area contributed by atoms with Crippen LogP contribution in [0.4, 0.5) is 0 Å². The Hall–Kier alpha value is -2.15. The molecule has 0 saturated heterocycles. The first-order chi connectivity index (χ1) is 10.5. The number of thiazole rings is 1. The van der Waals surface area contributed by atoms with Crippen LogP contribution in [0.5, 0.6) is 5.75 Å². The molecule has 0 fully saturated rings. The molecule has 6 nitrogen and oxygen atoms in total. The van der Waals surface area contributed by atoms with E-state index in [0.29, 0.717) is 10.6 Å². The van der Waals surface area contributed by atoms with Gasteiger partial charge in [-0.3, -0.25) is 9.59 Å². The molecule has 0 unspecified atom stereocenters. The molecule has 0 atom stereocenters. The maximum absolute atomic E-state index is 11.9. The lowest BCUT2D eigenvalue weighted by Gasteiger charge is -2.07. The number of esters is 1. The number of hydrogen-bond acceptors (Lipinski definition) is 5. The van der Waals surface area contributed by atoms with E-state index < -0.39 is 5.97 Å². The predicted octanol–water partition coefficient (Wildman–Crippen LogP) is 1.97. The largest absolute Gasteiger partial charge is 0.495 e. The highest BCUT2D eigenvalue weighted by molar-refractivity contribution is 7.16. The van der Waals surface area contributed by atoms with Gasteiger partial charge in [-0.05, 0) is 12.1 Å². The molecule has 0 spiro atoms. The van der Waals surface area contributed by atoms with Crippen molar-refractivity contribution in [3.05, 3.63) is 23.0 Å². The number of carbonyl (C=O) groups is 2. The van der Waals surface area contributed by atoms with Crippen LogP contribution in [0.3, 0.4) is 0 Å². The van der Waals surface area contributed by atoms with Crippen molar-refractivity contribution in [2.75, 3.05) is 14.2 Å². The fourth-order valence-corrected chi connectivity index (χ4v) is 2.96. The highest BCUT2D eigenvalue weighted by Crippen LogP contribution is 2.27. The first kappa shape index (κ1) is 16.2. The molecular formula is C15H18N2O4S. The summed E-state index contributed by atoms with van der Waals surface area (Å²) >= 11 is 1.34. The van der Waals surface area contributed by atoms with Crippen LogP contribution in [0.15, 0.2) is 23.2 Å². The lowest BCUT2D eigenvalue weighted by atomic mass is 10.2. The molecule has 0 saturated carbocycles. The summed E-state index contributed by atoms with van der Waals surface area (Å²) in [5.41, 5.74) is 0.732. The fourth-order valence-electron chi connectivity index (χ4n) is 1.91. The maximum Gasteiger partial charge on any atom is 0.325 e. The van der Waals surface area contributed by atoms with Crippen LogP contribution in [0.1, 0.15) is 13.8 Å². The van der Waals surface area contributed by atoms with Crippen LogP contribution < -0.4 is 9.54 Å². The van der Waals surface area contributed by atoms with Crippen molar-refractivity contribution in [1.82, 2.24) is 4.57 Å². The summed E-state index contributed by atoms with van der Waals surface area (Å²) in [6.07, 6.45) is 0. The van der Waals surface area contributed by atoms with Crippen molar-refractivity contribution in [2.24, 2.45) is 10.9 Å². The second-order valence-corrected chi connectivity index (χ2v) is 5.97. The minimum atomic E-state index is -0.413. The molecule has 1 aromatic heterocycles. The zero-order valence-corrected chi connectivity index (χ0v) is 13.8. The van der Waals surface area contributed by atoms with Crippen LogP contribution in [-0.2, 0) is 20.9 Å². The molecule has 0 bridgehead atoms. The molecule has 0 aliphatic rings. The lowest BCUT2D eigenvalue weighted by Crippen LogP contribution is -2.23. The molecular weight excluding hydrogens is 304 g/mol. The normalized spacial score (nSPS) is 12.0. The number of fused-ring (bicyclic) bond motifs is 1. The number of benzene rings is 1. The average Bonchev–Trinajstić information content (AvgIpc) is 2.84. The average molecular weight is 322 g/mol. The molecule has 1 amide bonds. The molecule has 0 radical (unpaired) electrons. The number of ether oxygens (including phenoxy) is 2. The van der Waals surface area contributed by atoms with Gasteiger partial charge in [0.25, 0.3) is 5.91 Å². The van der Waals surface area contributed by atoms with Crippen molar-refractivity contribution in [2.45, 2.75) is 20.4 Å². The third-order valence-electron chi connectivity index (χ3n) is 3.10. The summed E-state index contributed by atoms with van der Waals surface area (Å²) in [6, 6.07) is 5.56. The third kappa shape index (κ3) is 3.19. The summed E-state index contributed by atoms with van der Waals surface area (Å²) in [5, 5.41) is 0. The molecule has 1 heterocycles. The number of nitrogens with zero attached hydrogens (tertiary/aromatic N) is 2. The predicted molar refractivity (Wildman–Crippen MR) is 83.8 cm³/mol. The van der Waals surface area contributed by atoms with E-state index in [1.54, 1.807) is 31.6 Å². The van der Waals surface area contributed by atoms with Crippen LogP contribution in [0.25, 0.3) is 10.2 Å². The van der Waals surface area contributed by atoms with Crippen LogP contribution >= 0.6 is 11.3 Å². The van der Waals surface area contributed by atoms with E-state index in [1.165, 1.54) is 18.4 Å². The quantitative estimate of drug-likeness (QED) is 0.807. The van der Waals surface area contributed by atoms with Gasteiger partial charge in [0, 0.05) is 5.92 Å².